The largest absolute Gasteiger partial charge is 0.490 e. The fourth-order valence-electron chi connectivity index (χ4n) is 1.33. The molecule has 0 bridgehead atoms. The number of hydrogen-bond donors (Lipinski definition) is 1. The Hall–Kier alpha value is -1.13. The zero-order valence-corrected chi connectivity index (χ0v) is 10.9. The van der Waals surface area contributed by atoms with Crippen molar-refractivity contribution in [2.24, 2.45) is 5.92 Å². The molecule has 4 nitrogen and oxygen atoms in total. The van der Waals surface area contributed by atoms with E-state index in [0.717, 1.165) is 24.5 Å². The topological polar surface area (TPSA) is 43.4 Å². The first-order chi connectivity index (χ1) is 8.22. The molecule has 0 fully saturated rings. The molecule has 4 heteroatoms. The minimum Gasteiger partial charge on any atom is -0.490 e. The lowest BCUT2D eigenvalue weighted by Crippen LogP contribution is -2.19. The van der Waals surface area contributed by atoms with Crippen LogP contribution in [0.1, 0.15) is 19.5 Å². The first kappa shape index (κ1) is 13.9. The highest BCUT2D eigenvalue weighted by molar-refractivity contribution is 5.19. The summed E-state index contributed by atoms with van der Waals surface area (Å²) in [5.41, 5.74) is 1.03. The summed E-state index contributed by atoms with van der Waals surface area (Å²) in [4.78, 5) is 4.33. The van der Waals surface area contributed by atoms with Crippen molar-refractivity contribution >= 4 is 0 Å². The molecule has 0 amide bonds. The summed E-state index contributed by atoms with van der Waals surface area (Å²) in [7, 11) is 1.66. The van der Waals surface area contributed by atoms with Gasteiger partial charge in [0.2, 0.25) is 0 Å². The molecule has 0 saturated heterocycles. The molecule has 0 unspecified atom stereocenters. The van der Waals surface area contributed by atoms with E-state index in [1.54, 1.807) is 13.3 Å². The van der Waals surface area contributed by atoms with E-state index in [-0.39, 0.29) is 0 Å². The lowest BCUT2D eigenvalue weighted by Gasteiger charge is -2.08. The van der Waals surface area contributed by atoms with Crippen LogP contribution < -0.4 is 10.1 Å². The van der Waals surface area contributed by atoms with Crippen LogP contribution in [0.4, 0.5) is 0 Å². The molecule has 1 N–H and O–H groups in total. The van der Waals surface area contributed by atoms with E-state index in [2.05, 4.69) is 24.1 Å². The molecule has 0 saturated carbocycles. The average molecular weight is 238 g/mol. The normalized spacial score (nSPS) is 10.8. The lowest BCUT2D eigenvalue weighted by molar-refractivity contribution is 0.146. The van der Waals surface area contributed by atoms with Gasteiger partial charge in [-0.25, -0.2) is 0 Å². The molecular formula is C13H22N2O2. The van der Waals surface area contributed by atoms with Gasteiger partial charge in [-0.15, -0.1) is 0 Å². The second kappa shape index (κ2) is 8.03. The molecule has 17 heavy (non-hydrogen) atoms. The number of rotatable bonds is 8. The lowest BCUT2D eigenvalue weighted by atomic mass is 10.2. The van der Waals surface area contributed by atoms with Gasteiger partial charge in [0.05, 0.1) is 18.5 Å². The van der Waals surface area contributed by atoms with Gasteiger partial charge in [-0.05, 0) is 24.6 Å². The van der Waals surface area contributed by atoms with Crippen molar-refractivity contribution in [3.05, 3.63) is 24.0 Å². The van der Waals surface area contributed by atoms with Gasteiger partial charge in [0, 0.05) is 13.7 Å². The summed E-state index contributed by atoms with van der Waals surface area (Å²) in [5, 5.41) is 3.35. The van der Waals surface area contributed by atoms with Crippen molar-refractivity contribution in [1.82, 2.24) is 10.3 Å². The average Bonchev–Trinajstić information content (AvgIpc) is 2.31. The van der Waals surface area contributed by atoms with E-state index < -0.39 is 0 Å². The predicted molar refractivity (Wildman–Crippen MR) is 68.2 cm³/mol. The van der Waals surface area contributed by atoms with Crippen molar-refractivity contribution in [3.8, 4) is 5.75 Å². The van der Waals surface area contributed by atoms with Crippen LogP contribution in [0.3, 0.4) is 0 Å². The molecule has 1 aromatic heterocycles. The van der Waals surface area contributed by atoms with Crippen LogP contribution in [0.15, 0.2) is 18.3 Å². The third-order valence-electron chi connectivity index (χ3n) is 2.21. The van der Waals surface area contributed by atoms with Gasteiger partial charge >= 0.3 is 0 Å². The van der Waals surface area contributed by atoms with Crippen LogP contribution in [0, 0.1) is 5.92 Å². The number of hydrogen-bond acceptors (Lipinski definition) is 4. The van der Waals surface area contributed by atoms with Crippen LogP contribution in [0.2, 0.25) is 0 Å². The Morgan fingerprint density at radius 2 is 2.12 bits per heavy atom. The molecular weight excluding hydrogens is 216 g/mol. The highest BCUT2D eigenvalue weighted by atomic mass is 16.5. The summed E-state index contributed by atoms with van der Waals surface area (Å²) in [6.07, 6.45) is 1.75. The number of aromatic nitrogens is 1. The Morgan fingerprint density at radius 3 is 2.71 bits per heavy atom. The predicted octanol–water partition coefficient (Wildman–Crippen LogP) is 1.85. The van der Waals surface area contributed by atoms with Gasteiger partial charge in [-0.3, -0.25) is 4.98 Å². The summed E-state index contributed by atoms with van der Waals surface area (Å²) in [5.74, 6) is 1.45. The van der Waals surface area contributed by atoms with Crippen molar-refractivity contribution in [2.45, 2.75) is 20.4 Å². The number of ether oxygens (including phenoxy) is 2. The number of nitrogens with one attached hydrogen (secondary N) is 1. The quantitative estimate of drug-likeness (QED) is 0.702. The SMILES string of the molecule is COCCOc1ccc(CNCC(C)C)nc1. The van der Waals surface area contributed by atoms with Crippen molar-refractivity contribution < 1.29 is 9.47 Å². The van der Waals surface area contributed by atoms with Crippen molar-refractivity contribution in [1.29, 1.82) is 0 Å². The molecule has 0 aliphatic rings. The second-order valence-corrected chi connectivity index (χ2v) is 4.35. The highest BCUT2D eigenvalue weighted by Gasteiger charge is 1.98. The van der Waals surface area contributed by atoms with Gasteiger partial charge in [-0.1, -0.05) is 13.8 Å². The molecule has 0 aliphatic carbocycles. The van der Waals surface area contributed by atoms with Gasteiger partial charge in [-0.2, -0.15) is 0 Å². The third-order valence-corrected chi connectivity index (χ3v) is 2.21. The summed E-state index contributed by atoms with van der Waals surface area (Å²) in [6.45, 7) is 7.34. The van der Waals surface area contributed by atoms with Crippen molar-refractivity contribution in [2.75, 3.05) is 26.9 Å². The summed E-state index contributed by atoms with van der Waals surface area (Å²) in [6, 6.07) is 3.92. The van der Waals surface area contributed by atoms with Crippen molar-refractivity contribution in [3.63, 3.8) is 0 Å². The van der Waals surface area contributed by atoms with E-state index in [9.17, 15) is 0 Å². The van der Waals surface area contributed by atoms with Crippen LogP contribution in [-0.4, -0.2) is 31.9 Å². The van der Waals surface area contributed by atoms with Crippen LogP contribution >= 0.6 is 0 Å². The smallest absolute Gasteiger partial charge is 0.137 e. The Balaban J connectivity index is 2.29. The molecule has 0 radical (unpaired) electrons. The number of nitrogens with zero attached hydrogens (tertiary/aromatic N) is 1. The zero-order chi connectivity index (χ0) is 12.5. The van der Waals surface area contributed by atoms with Crippen LogP contribution in [0.25, 0.3) is 0 Å². The molecule has 0 aliphatic heterocycles. The van der Waals surface area contributed by atoms with Gasteiger partial charge in [0.15, 0.2) is 0 Å². The molecule has 0 atom stereocenters. The minimum absolute atomic E-state index is 0.559. The molecule has 0 spiro atoms. The Labute approximate surface area is 103 Å². The van der Waals surface area contributed by atoms with E-state index in [1.165, 1.54) is 0 Å². The maximum absolute atomic E-state index is 5.44. The number of pyridine rings is 1. The second-order valence-electron chi connectivity index (χ2n) is 4.35. The summed E-state index contributed by atoms with van der Waals surface area (Å²) >= 11 is 0. The molecule has 96 valence electrons. The minimum atomic E-state index is 0.559. The van der Waals surface area contributed by atoms with E-state index in [1.807, 2.05) is 12.1 Å². The van der Waals surface area contributed by atoms with Crippen LogP contribution in [-0.2, 0) is 11.3 Å². The van der Waals surface area contributed by atoms with E-state index in [0.29, 0.717) is 19.1 Å². The fraction of sp³-hybridized carbons (Fsp3) is 0.615. The van der Waals surface area contributed by atoms with E-state index >= 15 is 0 Å². The monoisotopic (exact) mass is 238 g/mol. The maximum atomic E-state index is 5.44. The highest BCUT2D eigenvalue weighted by Crippen LogP contribution is 2.08. The standard InChI is InChI=1S/C13H22N2O2/c1-11(2)8-14-9-12-4-5-13(10-15-12)17-7-6-16-3/h4-5,10-11,14H,6-9H2,1-3H3. The molecule has 1 rings (SSSR count). The Bertz CT molecular complexity index is 299. The van der Waals surface area contributed by atoms with E-state index in [4.69, 9.17) is 9.47 Å². The summed E-state index contributed by atoms with van der Waals surface area (Å²) < 4.78 is 10.3. The first-order valence-corrected chi connectivity index (χ1v) is 5.99. The van der Waals surface area contributed by atoms with Gasteiger partial charge < -0.3 is 14.8 Å². The number of methoxy groups -OCH3 is 1. The third kappa shape index (κ3) is 6.24. The molecule has 1 heterocycles. The molecule has 1 aromatic rings. The zero-order valence-electron chi connectivity index (χ0n) is 10.9. The van der Waals surface area contributed by atoms with Gasteiger partial charge in [0.1, 0.15) is 12.4 Å². The fourth-order valence-corrected chi connectivity index (χ4v) is 1.33. The maximum Gasteiger partial charge on any atom is 0.137 e. The Morgan fingerprint density at radius 1 is 1.29 bits per heavy atom. The Kier molecular flexibility index (Phi) is 6.58. The molecule has 0 aromatic carbocycles. The first-order valence-electron chi connectivity index (χ1n) is 5.99. The van der Waals surface area contributed by atoms with Gasteiger partial charge in [0.25, 0.3) is 0 Å². The van der Waals surface area contributed by atoms with Crippen LogP contribution in [0.5, 0.6) is 5.75 Å².